The van der Waals surface area contributed by atoms with Crippen molar-refractivity contribution < 1.29 is 13.2 Å². The summed E-state index contributed by atoms with van der Waals surface area (Å²) in [7, 11) is -3.57. The first-order valence-electron chi connectivity index (χ1n) is 8.54. The van der Waals surface area contributed by atoms with Crippen LogP contribution in [0.4, 0.5) is 5.69 Å². The number of anilines is 1. The van der Waals surface area contributed by atoms with Crippen LogP contribution < -0.4 is 5.32 Å². The average Bonchev–Trinajstić information content (AvgIpc) is 2.69. The summed E-state index contributed by atoms with van der Waals surface area (Å²) in [5.74, 6) is -0.329. The van der Waals surface area contributed by atoms with Crippen LogP contribution in [0.5, 0.6) is 0 Å². The van der Waals surface area contributed by atoms with E-state index in [1.807, 2.05) is 0 Å². The minimum atomic E-state index is -3.57. The maximum Gasteiger partial charge on any atom is 0.257 e. The number of nitrogens with one attached hydrogen (secondary N) is 1. The Bertz CT molecular complexity index is 863. The Labute approximate surface area is 153 Å². The molecule has 0 unspecified atom stereocenters. The smallest absolute Gasteiger partial charge is 0.257 e. The maximum atomic E-state index is 12.9. The normalized spacial score (nSPS) is 16.3. The first kappa shape index (κ1) is 18.5. The van der Waals surface area contributed by atoms with Crippen LogP contribution in [0.3, 0.4) is 0 Å². The van der Waals surface area contributed by atoms with Gasteiger partial charge in [-0.15, -0.1) is 0 Å². The Balaban J connectivity index is 1.75. The highest BCUT2D eigenvalue weighted by Gasteiger charge is 2.28. The highest BCUT2D eigenvalue weighted by molar-refractivity contribution is 7.89. The molecule has 1 aromatic heterocycles. The van der Waals surface area contributed by atoms with E-state index in [1.54, 1.807) is 36.5 Å². The minimum Gasteiger partial charge on any atom is -0.322 e. The average molecular weight is 374 g/mol. The third-order valence-corrected chi connectivity index (χ3v) is 6.33. The number of rotatable bonds is 5. The monoisotopic (exact) mass is 374 g/mol. The largest absolute Gasteiger partial charge is 0.322 e. The fourth-order valence-corrected chi connectivity index (χ4v) is 4.34. The Morgan fingerprint density at radius 2 is 1.92 bits per heavy atom. The molecule has 7 nitrogen and oxygen atoms in total. The third-order valence-electron chi connectivity index (χ3n) is 4.43. The quantitative estimate of drug-likeness (QED) is 0.861. The number of benzene rings is 1. The lowest BCUT2D eigenvalue weighted by atomic mass is 10.2. The maximum absolute atomic E-state index is 12.9. The first-order chi connectivity index (χ1) is 12.5. The molecule has 1 fully saturated rings. The molecular formula is C18H22N4O3S. The van der Waals surface area contributed by atoms with Gasteiger partial charge >= 0.3 is 0 Å². The number of hydrogen-bond acceptors (Lipinski definition) is 5. The summed E-state index contributed by atoms with van der Waals surface area (Å²) >= 11 is 0. The molecule has 0 saturated carbocycles. The molecule has 3 rings (SSSR count). The Morgan fingerprint density at radius 1 is 1.15 bits per heavy atom. The van der Waals surface area contributed by atoms with Crippen molar-refractivity contribution in [3.8, 4) is 0 Å². The fourth-order valence-electron chi connectivity index (χ4n) is 2.87. The second-order valence-electron chi connectivity index (χ2n) is 6.06. The van der Waals surface area contributed by atoms with E-state index in [9.17, 15) is 13.2 Å². The van der Waals surface area contributed by atoms with Crippen LogP contribution in [0.15, 0.2) is 53.7 Å². The second kappa shape index (κ2) is 7.94. The van der Waals surface area contributed by atoms with Crippen LogP contribution in [0.1, 0.15) is 17.3 Å². The van der Waals surface area contributed by atoms with E-state index >= 15 is 0 Å². The van der Waals surface area contributed by atoms with E-state index < -0.39 is 10.0 Å². The number of sulfonamides is 1. The summed E-state index contributed by atoms with van der Waals surface area (Å²) in [4.78, 5) is 18.5. The van der Waals surface area contributed by atoms with Crippen molar-refractivity contribution >= 4 is 21.6 Å². The van der Waals surface area contributed by atoms with Gasteiger partial charge in [-0.25, -0.2) is 8.42 Å². The number of piperazine rings is 1. The van der Waals surface area contributed by atoms with Gasteiger partial charge < -0.3 is 10.2 Å². The first-order valence-corrected chi connectivity index (χ1v) is 9.98. The summed E-state index contributed by atoms with van der Waals surface area (Å²) in [5, 5.41) is 2.72. The van der Waals surface area contributed by atoms with Gasteiger partial charge in [0, 0.05) is 44.3 Å². The molecule has 2 aromatic rings. The molecule has 0 radical (unpaired) electrons. The van der Waals surface area contributed by atoms with Crippen LogP contribution in [0, 0.1) is 0 Å². The number of carbonyl (C=O) groups is 1. The number of pyridine rings is 1. The molecule has 0 atom stereocenters. The molecule has 1 aliphatic rings. The fraction of sp³-hybridized carbons (Fsp3) is 0.333. The summed E-state index contributed by atoms with van der Waals surface area (Å²) in [6, 6.07) is 9.68. The van der Waals surface area contributed by atoms with E-state index in [0.29, 0.717) is 24.3 Å². The standard InChI is InChI=1S/C18H22N4O3S/c1-2-21-9-11-22(12-10-21)26(24,25)17-7-3-6-16(13-17)20-18(23)15-5-4-8-19-14-15/h3-8,13-14H,2,9-12H2,1H3,(H,20,23). The van der Waals surface area contributed by atoms with Gasteiger partial charge in [0.25, 0.3) is 5.91 Å². The van der Waals surface area contributed by atoms with Crippen LogP contribution in [-0.2, 0) is 10.0 Å². The van der Waals surface area contributed by atoms with Crippen molar-refractivity contribution in [1.82, 2.24) is 14.2 Å². The van der Waals surface area contributed by atoms with Crippen molar-refractivity contribution in [3.05, 3.63) is 54.4 Å². The lowest BCUT2D eigenvalue weighted by Gasteiger charge is -2.33. The van der Waals surface area contributed by atoms with E-state index in [2.05, 4.69) is 22.1 Å². The molecule has 1 aromatic carbocycles. The van der Waals surface area contributed by atoms with Crippen molar-refractivity contribution in [3.63, 3.8) is 0 Å². The van der Waals surface area contributed by atoms with Crippen molar-refractivity contribution in [1.29, 1.82) is 0 Å². The van der Waals surface area contributed by atoms with Crippen molar-refractivity contribution in [2.24, 2.45) is 0 Å². The number of likely N-dealkylation sites (N-methyl/N-ethyl adjacent to an activating group) is 1. The van der Waals surface area contributed by atoms with E-state index in [4.69, 9.17) is 0 Å². The van der Waals surface area contributed by atoms with E-state index in [1.165, 1.54) is 16.6 Å². The number of aromatic nitrogens is 1. The molecule has 1 amide bonds. The molecule has 0 bridgehead atoms. The summed E-state index contributed by atoms with van der Waals surface area (Å²) in [5.41, 5.74) is 0.851. The van der Waals surface area contributed by atoms with Gasteiger partial charge in [-0.1, -0.05) is 13.0 Å². The van der Waals surface area contributed by atoms with Gasteiger partial charge in [0.15, 0.2) is 0 Å². The van der Waals surface area contributed by atoms with Crippen LogP contribution in [0.25, 0.3) is 0 Å². The van der Waals surface area contributed by atoms with Crippen molar-refractivity contribution in [2.45, 2.75) is 11.8 Å². The summed E-state index contributed by atoms with van der Waals surface area (Å²) in [6.45, 7) is 5.40. The van der Waals surface area contributed by atoms with Gasteiger partial charge in [0.05, 0.1) is 10.5 Å². The zero-order valence-corrected chi connectivity index (χ0v) is 15.4. The molecule has 1 saturated heterocycles. The number of nitrogens with zero attached hydrogens (tertiary/aromatic N) is 3. The van der Waals surface area contributed by atoms with Gasteiger partial charge in [-0.2, -0.15) is 4.31 Å². The molecule has 0 aliphatic carbocycles. The Kier molecular flexibility index (Phi) is 5.65. The minimum absolute atomic E-state index is 0.187. The summed E-state index contributed by atoms with van der Waals surface area (Å²) in [6.07, 6.45) is 3.05. The molecule has 8 heteroatoms. The predicted octanol–water partition coefficient (Wildman–Crippen LogP) is 1.66. The van der Waals surface area contributed by atoms with E-state index in [0.717, 1.165) is 19.6 Å². The van der Waals surface area contributed by atoms with Crippen molar-refractivity contribution in [2.75, 3.05) is 38.0 Å². The zero-order valence-electron chi connectivity index (χ0n) is 14.6. The number of hydrogen-bond donors (Lipinski definition) is 1. The number of amides is 1. The van der Waals surface area contributed by atoms with Gasteiger partial charge in [-0.3, -0.25) is 9.78 Å². The highest BCUT2D eigenvalue weighted by atomic mass is 32.2. The van der Waals surface area contributed by atoms with Gasteiger partial charge in [-0.05, 0) is 36.9 Å². The molecule has 1 aliphatic heterocycles. The van der Waals surface area contributed by atoms with Gasteiger partial charge in [0.1, 0.15) is 0 Å². The highest BCUT2D eigenvalue weighted by Crippen LogP contribution is 2.21. The topological polar surface area (TPSA) is 82.6 Å². The van der Waals surface area contributed by atoms with Crippen LogP contribution in [-0.4, -0.2) is 61.2 Å². The zero-order chi connectivity index (χ0) is 18.6. The van der Waals surface area contributed by atoms with Crippen LogP contribution in [0.2, 0.25) is 0 Å². The summed E-state index contributed by atoms with van der Waals surface area (Å²) < 4.78 is 27.3. The molecular weight excluding hydrogens is 352 g/mol. The molecule has 26 heavy (non-hydrogen) atoms. The molecule has 0 spiro atoms. The molecule has 1 N–H and O–H groups in total. The van der Waals surface area contributed by atoms with Crippen LogP contribution >= 0.6 is 0 Å². The number of carbonyl (C=O) groups excluding carboxylic acids is 1. The molecule has 138 valence electrons. The predicted molar refractivity (Wildman–Crippen MR) is 99.5 cm³/mol. The second-order valence-corrected chi connectivity index (χ2v) is 8.00. The van der Waals surface area contributed by atoms with Gasteiger partial charge in [0.2, 0.25) is 10.0 Å². The molecule has 2 heterocycles. The third kappa shape index (κ3) is 4.09. The Hall–Kier alpha value is -2.29. The SMILES string of the molecule is CCN1CCN(S(=O)(=O)c2cccc(NC(=O)c3cccnc3)c2)CC1. The Morgan fingerprint density at radius 3 is 2.58 bits per heavy atom. The van der Waals surface area contributed by atoms with E-state index in [-0.39, 0.29) is 10.8 Å². The lowest BCUT2D eigenvalue weighted by Crippen LogP contribution is -2.48. The lowest BCUT2D eigenvalue weighted by molar-refractivity contribution is 0.102.